The summed E-state index contributed by atoms with van der Waals surface area (Å²) in [6.45, 7) is 0. The fourth-order valence-corrected chi connectivity index (χ4v) is 0.621. The molecule has 6 heteroatoms. The van der Waals surface area contributed by atoms with E-state index in [2.05, 4.69) is 10.3 Å². The van der Waals surface area contributed by atoms with Crippen LogP contribution in [0.1, 0.15) is 11.5 Å². The molecule has 0 unspecified atom stereocenters. The molecule has 1 aromatic rings. The Labute approximate surface area is 79.1 Å². The fourth-order valence-electron chi connectivity index (χ4n) is 0.621. The average Bonchev–Trinajstić information content (AvgIpc) is 2.38. The molecule has 0 aliphatic carbocycles. The molecule has 1 rings (SSSR count). The number of nitrogens with zero attached hydrogens (tertiary/aromatic N) is 2. The number of oxime groups is 2. The SMILES string of the molecule is ON=Cc1ccc(C=NO)o1.[Cr]. The molecule has 0 bridgehead atoms. The number of hydrogen-bond donors (Lipinski definition) is 2. The molecule has 0 amide bonds. The molecular formula is C6H6CrN2O3. The van der Waals surface area contributed by atoms with Gasteiger partial charge in [-0.1, -0.05) is 10.3 Å². The zero-order valence-electron chi connectivity index (χ0n) is 5.91. The van der Waals surface area contributed by atoms with Crippen molar-refractivity contribution in [3.05, 3.63) is 23.7 Å². The molecule has 0 fully saturated rings. The van der Waals surface area contributed by atoms with Gasteiger partial charge in [0.25, 0.3) is 0 Å². The maximum Gasteiger partial charge on any atom is 0.149 e. The van der Waals surface area contributed by atoms with E-state index < -0.39 is 0 Å². The van der Waals surface area contributed by atoms with Crippen molar-refractivity contribution in [2.75, 3.05) is 0 Å². The monoisotopic (exact) mass is 206 g/mol. The van der Waals surface area contributed by atoms with Crippen LogP contribution in [0.3, 0.4) is 0 Å². The van der Waals surface area contributed by atoms with Gasteiger partial charge in [-0.25, -0.2) is 0 Å². The van der Waals surface area contributed by atoms with Gasteiger partial charge in [-0.2, -0.15) is 0 Å². The third-order valence-corrected chi connectivity index (χ3v) is 1.02. The summed E-state index contributed by atoms with van der Waals surface area (Å²) in [7, 11) is 0. The van der Waals surface area contributed by atoms with E-state index in [9.17, 15) is 0 Å². The maximum absolute atomic E-state index is 8.09. The number of rotatable bonds is 2. The van der Waals surface area contributed by atoms with Crippen LogP contribution in [0.5, 0.6) is 0 Å². The summed E-state index contributed by atoms with van der Waals surface area (Å²) in [5, 5.41) is 21.7. The van der Waals surface area contributed by atoms with Gasteiger partial charge in [-0.15, -0.1) is 0 Å². The van der Waals surface area contributed by atoms with Crippen molar-refractivity contribution in [1.82, 2.24) is 0 Å². The van der Waals surface area contributed by atoms with Gasteiger partial charge >= 0.3 is 0 Å². The zero-order chi connectivity index (χ0) is 8.10. The molecule has 0 spiro atoms. The third-order valence-electron chi connectivity index (χ3n) is 1.02. The first-order valence-corrected chi connectivity index (χ1v) is 2.81. The normalized spacial score (nSPS) is 10.7. The summed E-state index contributed by atoms with van der Waals surface area (Å²) in [4.78, 5) is 0. The average molecular weight is 206 g/mol. The zero-order valence-corrected chi connectivity index (χ0v) is 7.19. The van der Waals surface area contributed by atoms with Crippen molar-refractivity contribution in [2.24, 2.45) is 10.3 Å². The summed E-state index contributed by atoms with van der Waals surface area (Å²) in [6.07, 6.45) is 2.27. The summed E-state index contributed by atoms with van der Waals surface area (Å²) < 4.78 is 4.95. The summed E-state index contributed by atoms with van der Waals surface area (Å²) in [6, 6.07) is 3.16. The molecule has 64 valence electrons. The van der Waals surface area contributed by atoms with E-state index in [-0.39, 0.29) is 17.4 Å². The van der Waals surface area contributed by atoms with Gasteiger partial charge in [0, 0.05) is 17.4 Å². The van der Waals surface area contributed by atoms with Crippen LogP contribution in [0.25, 0.3) is 0 Å². The minimum absolute atomic E-state index is 0. The second kappa shape index (κ2) is 5.41. The van der Waals surface area contributed by atoms with E-state index in [0.29, 0.717) is 11.5 Å². The summed E-state index contributed by atoms with van der Waals surface area (Å²) in [5.74, 6) is 0.782. The Hall–Kier alpha value is -1.25. The van der Waals surface area contributed by atoms with Gasteiger partial charge < -0.3 is 14.8 Å². The Morgan fingerprint density at radius 3 is 1.83 bits per heavy atom. The Kier molecular flexibility index (Phi) is 4.85. The van der Waals surface area contributed by atoms with E-state index in [1.165, 1.54) is 0 Å². The van der Waals surface area contributed by atoms with Crippen LogP contribution in [0, 0.1) is 0 Å². The van der Waals surface area contributed by atoms with Crippen LogP contribution in [-0.2, 0) is 17.4 Å². The van der Waals surface area contributed by atoms with E-state index in [0.717, 1.165) is 12.4 Å². The van der Waals surface area contributed by atoms with Gasteiger partial charge in [0.2, 0.25) is 0 Å². The van der Waals surface area contributed by atoms with Crippen molar-refractivity contribution in [3.63, 3.8) is 0 Å². The van der Waals surface area contributed by atoms with Crippen LogP contribution in [-0.4, -0.2) is 22.8 Å². The smallest absolute Gasteiger partial charge is 0.149 e. The first-order valence-electron chi connectivity index (χ1n) is 2.81. The maximum atomic E-state index is 8.09. The molecule has 2 N–H and O–H groups in total. The van der Waals surface area contributed by atoms with Gasteiger partial charge in [-0.05, 0) is 12.1 Å². The van der Waals surface area contributed by atoms with Crippen molar-refractivity contribution in [3.8, 4) is 0 Å². The van der Waals surface area contributed by atoms with Gasteiger partial charge in [-0.3, -0.25) is 0 Å². The largest absolute Gasteiger partial charge is 0.454 e. The van der Waals surface area contributed by atoms with Crippen molar-refractivity contribution >= 4 is 12.4 Å². The van der Waals surface area contributed by atoms with Gasteiger partial charge in [0.15, 0.2) is 0 Å². The molecule has 5 nitrogen and oxygen atoms in total. The van der Waals surface area contributed by atoms with Crippen LogP contribution in [0.4, 0.5) is 0 Å². The molecule has 1 aromatic heterocycles. The number of hydrogen-bond acceptors (Lipinski definition) is 5. The minimum Gasteiger partial charge on any atom is -0.454 e. The summed E-state index contributed by atoms with van der Waals surface area (Å²) >= 11 is 0. The van der Waals surface area contributed by atoms with E-state index in [4.69, 9.17) is 14.8 Å². The molecule has 0 aliphatic rings. The second-order valence-electron chi connectivity index (χ2n) is 1.73. The minimum atomic E-state index is 0. The van der Waals surface area contributed by atoms with Crippen LogP contribution in [0.2, 0.25) is 0 Å². The van der Waals surface area contributed by atoms with Crippen molar-refractivity contribution < 1.29 is 32.2 Å². The molecule has 12 heavy (non-hydrogen) atoms. The second-order valence-corrected chi connectivity index (χ2v) is 1.73. The predicted molar refractivity (Wildman–Crippen MR) is 37.5 cm³/mol. The molecule has 0 saturated carbocycles. The van der Waals surface area contributed by atoms with Crippen molar-refractivity contribution in [1.29, 1.82) is 0 Å². The molecule has 1 heterocycles. The first-order chi connectivity index (χ1) is 5.36. The molecule has 0 radical (unpaired) electrons. The van der Waals surface area contributed by atoms with Crippen LogP contribution < -0.4 is 0 Å². The Bertz CT molecular complexity index is 256. The predicted octanol–water partition coefficient (Wildman–Crippen LogP) is 0.893. The van der Waals surface area contributed by atoms with E-state index in [1.54, 1.807) is 12.1 Å². The molecular weight excluding hydrogens is 200 g/mol. The fraction of sp³-hybridized carbons (Fsp3) is 0. The molecule has 0 saturated heterocycles. The number of furan rings is 1. The standard InChI is InChI=1S/C6H6N2O3.Cr/c9-7-3-5-1-2-6(11-5)4-8-10;/h1-4,9-10H;. The topological polar surface area (TPSA) is 78.3 Å². The Morgan fingerprint density at radius 1 is 1.08 bits per heavy atom. The van der Waals surface area contributed by atoms with Crippen LogP contribution >= 0.6 is 0 Å². The van der Waals surface area contributed by atoms with Gasteiger partial charge in [0.05, 0.1) is 0 Å². The van der Waals surface area contributed by atoms with Crippen LogP contribution in [0.15, 0.2) is 26.9 Å². The Morgan fingerprint density at radius 2 is 1.50 bits per heavy atom. The van der Waals surface area contributed by atoms with E-state index >= 15 is 0 Å². The first kappa shape index (κ1) is 10.8. The van der Waals surface area contributed by atoms with Gasteiger partial charge in [0.1, 0.15) is 23.9 Å². The summed E-state index contributed by atoms with van der Waals surface area (Å²) in [5.41, 5.74) is 0. The third kappa shape index (κ3) is 2.78. The quantitative estimate of drug-likeness (QED) is 0.428. The molecule has 0 aromatic carbocycles. The molecule has 0 atom stereocenters. The molecule has 0 aliphatic heterocycles. The Balaban J connectivity index is 0.00000121. The van der Waals surface area contributed by atoms with Crippen molar-refractivity contribution in [2.45, 2.75) is 0 Å². The van der Waals surface area contributed by atoms with E-state index in [1.807, 2.05) is 0 Å².